The third kappa shape index (κ3) is 4.45. The second-order valence-electron chi connectivity index (χ2n) is 6.18. The van der Waals surface area contributed by atoms with E-state index in [1.165, 1.54) is 29.2 Å². The van der Waals surface area contributed by atoms with Crippen LogP contribution in [0, 0.1) is 5.82 Å². The lowest BCUT2D eigenvalue weighted by molar-refractivity contribution is -0.121. The number of benzene rings is 2. The van der Waals surface area contributed by atoms with Gasteiger partial charge in [-0.25, -0.2) is 17.5 Å². The number of likely N-dealkylation sites (N-methyl/N-ethyl adjacent to an activating group) is 1. The molecule has 1 aliphatic heterocycles. The molecule has 144 valence electrons. The van der Waals surface area contributed by atoms with Crippen LogP contribution in [0.4, 0.5) is 10.1 Å². The highest BCUT2D eigenvalue weighted by Gasteiger charge is 2.26. The zero-order valence-electron chi connectivity index (χ0n) is 14.9. The molecular weight excluding hydrogens is 371 g/mol. The Hall–Kier alpha value is -2.45. The van der Waals surface area contributed by atoms with Crippen molar-refractivity contribution in [3.05, 3.63) is 53.8 Å². The fourth-order valence-corrected chi connectivity index (χ4v) is 4.02. The first-order valence-corrected chi connectivity index (χ1v) is 10.2. The number of hydrogen-bond donors (Lipinski definition) is 1. The molecule has 0 fully saturated rings. The van der Waals surface area contributed by atoms with E-state index in [0.29, 0.717) is 30.8 Å². The third-order valence-corrected chi connectivity index (χ3v) is 5.81. The van der Waals surface area contributed by atoms with Crippen molar-refractivity contribution in [1.29, 1.82) is 0 Å². The van der Waals surface area contributed by atoms with Gasteiger partial charge in [0.05, 0.1) is 10.6 Å². The summed E-state index contributed by atoms with van der Waals surface area (Å²) >= 11 is 0. The van der Waals surface area contributed by atoms with Crippen LogP contribution in [0.2, 0.25) is 0 Å². The van der Waals surface area contributed by atoms with E-state index in [1.807, 2.05) is 6.92 Å². The molecule has 0 unspecified atom stereocenters. The molecule has 27 heavy (non-hydrogen) atoms. The van der Waals surface area contributed by atoms with Crippen molar-refractivity contribution >= 4 is 21.6 Å². The summed E-state index contributed by atoms with van der Waals surface area (Å²) in [5.41, 5.74) is 1.40. The van der Waals surface area contributed by atoms with Gasteiger partial charge in [-0.05, 0) is 55.7 Å². The van der Waals surface area contributed by atoms with Crippen LogP contribution in [0.5, 0.6) is 5.75 Å². The number of amides is 1. The number of sulfonamides is 1. The van der Waals surface area contributed by atoms with Crippen LogP contribution in [0.3, 0.4) is 0 Å². The zero-order chi connectivity index (χ0) is 19.4. The number of halogens is 1. The monoisotopic (exact) mass is 392 g/mol. The van der Waals surface area contributed by atoms with Gasteiger partial charge in [0.15, 0.2) is 6.61 Å². The van der Waals surface area contributed by atoms with Crippen LogP contribution in [0.1, 0.15) is 18.9 Å². The summed E-state index contributed by atoms with van der Waals surface area (Å²) in [5, 5.41) is 0. The molecule has 1 aliphatic rings. The Kier molecular flexibility index (Phi) is 5.76. The summed E-state index contributed by atoms with van der Waals surface area (Å²) in [6.45, 7) is 2.46. The van der Waals surface area contributed by atoms with Gasteiger partial charge in [-0.3, -0.25) is 4.79 Å². The van der Waals surface area contributed by atoms with Crippen molar-refractivity contribution in [2.75, 3.05) is 24.6 Å². The highest BCUT2D eigenvalue weighted by Crippen LogP contribution is 2.33. The summed E-state index contributed by atoms with van der Waals surface area (Å²) in [6.07, 6.45) is 1.22. The fraction of sp³-hybridized carbons (Fsp3) is 0.316. The molecule has 6 nitrogen and oxygen atoms in total. The maximum atomic E-state index is 12.9. The molecule has 0 aliphatic carbocycles. The highest BCUT2D eigenvalue weighted by molar-refractivity contribution is 7.89. The second-order valence-corrected chi connectivity index (χ2v) is 7.95. The Balaban J connectivity index is 1.65. The number of carbonyl (C=O) groups is 1. The van der Waals surface area contributed by atoms with Crippen molar-refractivity contribution in [2.45, 2.75) is 24.7 Å². The molecule has 8 heteroatoms. The molecule has 0 saturated heterocycles. The standard InChI is InChI=1S/C19H21FN2O4S/c1-2-22-17-12-16(9-10-18(17)26-13-19(22)23)27(24,25)21-11-3-4-14-5-7-15(20)8-6-14/h5-10,12,21H,2-4,11,13H2,1H3. The molecule has 0 spiro atoms. The van der Waals surface area contributed by atoms with E-state index < -0.39 is 10.0 Å². The minimum Gasteiger partial charge on any atom is -0.482 e. The van der Waals surface area contributed by atoms with Crippen molar-refractivity contribution in [2.24, 2.45) is 0 Å². The minimum absolute atomic E-state index is 0.0471. The number of aryl methyl sites for hydroxylation is 1. The molecule has 0 atom stereocenters. The number of anilines is 1. The van der Waals surface area contributed by atoms with Crippen LogP contribution < -0.4 is 14.4 Å². The molecule has 2 aromatic carbocycles. The number of carbonyl (C=O) groups excluding carboxylic acids is 1. The average molecular weight is 392 g/mol. The Morgan fingerprint density at radius 1 is 1.19 bits per heavy atom. The third-order valence-electron chi connectivity index (χ3n) is 4.35. The first-order chi connectivity index (χ1) is 12.9. The van der Waals surface area contributed by atoms with Gasteiger partial charge < -0.3 is 9.64 Å². The van der Waals surface area contributed by atoms with E-state index in [4.69, 9.17) is 4.74 Å². The van der Waals surface area contributed by atoms with Crippen LogP contribution in [-0.2, 0) is 21.2 Å². The Morgan fingerprint density at radius 2 is 1.93 bits per heavy atom. The van der Waals surface area contributed by atoms with Gasteiger partial charge in [-0.2, -0.15) is 0 Å². The van der Waals surface area contributed by atoms with Crippen LogP contribution in [-0.4, -0.2) is 34.0 Å². The topological polar surface area (TPSA) is 75.7 Å². The normalized spacial score (nSPS) is 14.0. The van der Waals surface area contributed by atoms with Gasteiger partial charge in [0.2, 0.25) is 10.0 Å². The first kappa shape index (κ1) is 19.3. The molecule has 1 heterocycles. The molecule has 0 radical (unpaired) electrons. The van der Waals surface area contributed by atoms with Crippen molar-refractivity contribution in [1.82, 2.24) is 4.72 Å². The van der Waals surface area contributed by atoms with E-state index in [0.717, 1.165) is 5.56 Å². The Bertz CT molecular complexity index is 929. The lowest BCUT2D eigenvalue weighted by Gasteiger charge is -2.28. The van der Waals surface area contributed by atoms with Gasteiger partial charge in [0.1, 0.15) is 11.6 Å². The summed E-state index contributed by atoms with van der Waals surface area (Å²) in [7, 11) is -3.71. The molecule has 1 N–H and O–H groups in total. The number of nitrogens with zero attached hydrogens (tertiary/aromatic N) is 1. The number of ether oxygens (including phenoxy) is 1. The summed E-state index contributed by atoms with van der Waals surface area (Å²) in [6, 6.07) is 10.6. The SMILES string of the molecule is CCN1C(=O)COc2ccc(S(=O)(=O)NCCCc3ccc(F)cc3)cc21. The summed E-state index contributed by atoms with van der Waals surface area (Å²) in [4.78, 5) is 13.5. The largest absolute Gasteiger partial charge is 0.482 e. The number of hydrogen-bond acceptors (Lipinski definition) is 4. The van der Waals surface area contributed by atoms with Crippen molar-refractivity contribution in [3.63, 3.8) is 0 Å². The predicted octanol–water partition coefficient (Wildman–Crippen LogP) is 2.48. The maximum Gasteiger partial charge on any atom is 0.265 e. The smallest absolute Gasteiger partial charge is 0.265 e. The van der Waals surface area contributed by atoms with Gasteiger partial charge in [-0.15, -0.1) is 0 Å². The van der Waals surface area contributed by atoms with Gasteiger partial charge in [0.25, 0.3) is 5.91 Å². The average Bonchev–Trinajstić information content (AvgIpc) is 2.66. The fourth-order valence-electron chi connectivity index (χ4n) is 2.93. The van der Waals surface area contributed by atoms with E-state index in [9.17, 15) is 17.6 Å². The minimum atomic E-state index is -3.71. The van der Waals surface area contributed by atoms with E-state index in [1.54, 1.807) is 18.2 Å². The van der Waals surface area contributed by atoms with Gasteiger partial charge >= 0.3 is 0 Å². The number of rotatable bonds is 7. The van der Waals surface area contributed by atoms with Crippen molar-refractivity contribution in [3.8, 4) is 5.75 Å². The Morgan fingerprint density at radius 3 is 2.63 bits per heavy atom. The summed E-state index contributed by atoms with van der Waals surface area (Å²) in [5.74, 6) is -0.00559. The molecular formula is C19H21FN2O4S. The molecule has 1 amide bonds. The molecule has 3 rings (SSSR count). The molecule has 0 bridgehead atoms. The van der Waals surface area contributed by atoms with Crippen molar-refractivity contribution < 1.29 is 22.3 Å². The van der Waals surface area contributed by atoms with E-state index in [-0.39, 0.29) is 29.8 Å². The molecule has 0 aromatic heterocycles. The number of fused-ring (bicyclic) bond motifs is 1. The van der Waals surface area contributed by atoms with Gasteiger partial charge in [-0.1, -0.05) is 12.1 Å². The van der Waals surface area contributed by atoms with Crippen LogP contribution in [0.25, 0.3) is 0 Å². The lowest BCUT2D eigenvalue weighted by Crippen LogP contribution is -2.38. The zero-order valence-corrected chi connectivity index (χ0v) is 15.8. The van der Waals surface area contributed by atoms with Crippen LogP contribution in [0.15, 0.2) is 47.4 Å². The number of nitrogens with one attached hydrogen (secondary N) is 1. The van der Waals surface area contributed by atoms with Crippen LogP contribution >= 0.6 is 0 Å². The maximum absolute atomic E-state index is 12.9. The molecule has 2 aromatic rings. The lowest BCUT2D eigenvalue weighted by atomic mass is 10.1. The summed E-state index contributed by atoms with van der Waals surface area (Å²) < 4.78 is 45.9. The Labute approximate surface area is 158 Å². The molecule has 0 saturated carbocycles. The second kappa shape index (κ2) is 8.06. The predicted molar refractivity (Wildman–Crippen MR) is 99.9 cm³/mol. The first-order valence-electron chi connectivity index (χ1n) is 8.72. The van der Waals surface area contributed by atoms with Gasteiger partial charge in [0, 0.05) is 13.1 Å². The highest BCUT2D eigenvalue weighted by atomic mass is 32.2. The van der Waals surface area contributed by atoms with E-state index in [2.05, 4.69) is 4.72 Å². The van der Waals surface area contributed by atoms with E-state index >= 15 is 0 Å². The quantitative estimate of drug-likeness (QED) is 0.735.